The number of methoxy groups -OCH3 is 4. The van der Waals surface area contributed by atoms with Crippen molar-refractivity contribution in [2.45, 2.75) is 226 Å². The number of nitrogens with two attached hydrogens (primary N) is 1. The van der Waals surface area contributed by atoms with Gasteiger partial charge in [-0.05, 0) is 228 Å². The number of unbranched alkanes of at least 4 members (excludes halogenated alkanes) is 3. The van der Waals surface area contributed by atoms with E-state index < -0.39 is 34.9 Å². The molecular weight excluding hydrogens is 1680 g/mol. The van der Waals surface area contributed by atoms with Crippen molar-refractivity contribution < 1.29 is 43.6 Å². The van der Waals surface area contributed by atoms with Crippen molar-refractivity contribution in [1.29, 1.82) is 0 Å². The molecule has 0 bridgehead atoms. The molecule has 3 atom stereocenters. The van der Waals surface area contributed by atoms with E-state index >= 15 is 0 Å². The summed E-state index contributed by atoms with van der Waals surface area (Å²) in [6.45, 7) is 31.1. The molecule has 0 radical (unpaired) electrons. The van der Waals surface area contributed by atoms with E-state index in [-0.39, 0.29) is 25.8 Å². The summed E-state index contributed by atoms with van der Waals surface area (Å²) in [5.74, 6) is 5.55. The quantitative estimate of drug-likeness (QED) is 0.0163. The maximum atomic E-state index is 10.3. The Hall–Kier alpha value is -10.4. The molecule has 32 heteroatoms. The minimum Gasteiger partial charge on any atom is -0.497 e. The second-order valence-corrected chi connectivity index (χ2v) is 36.4. The molecule has 11 aromatic rings. The number of pyridine rings is 6. The highest BCUT2D eigenvalue weighted by Gasteiger charge is 2.52. The molecule has 4 saturated heterocycles. The average Bonchev–Trinajstić information content (AvgIpc) is 1.54. The van der Waals surface area contributed by atoms with Gasteiger partial charge < -0.3 is 75.9 Å². The summed E-state index contributed by atoms with van der Waals surface area (Å²) in [6, 6.07) is 29.8. The summed E-state index contributed by atoms with van der Waals surface area (Å²) in [4.78, 5) is 63.3. The number of fused-ring (bicyclic) bond motifs is 3. The molecule has 15 rings (SSSR count). The van der Waals surface area contributed by atoms with Gasteiger partial charge in [0.1, 0.15) is 39.5 Å². The van der Waals surface area contributed by atoms with Crippen LogP contribution >= 0.6 is 15.9 Å². The molecule has 30 nitrogen and oxygen atoms in total. The summed E-state index contributed by atoms with van der Waals surface area (Å²) in [7, 11) is 5.95. The fourth-order valence-corrected chi connectivity index (χ4v) is 16.0. The minimum atomic E-state index is -0.570. The van der Waals surface area contributed by atoms with Crippen LogP contribution in [0, 0.1) is 0 Å². The van der Waals surface area contributed by atoms with Gasteiger partial charge in [-0.3, -0.25) is 44.6 Å². The lowest BCUT2D eigenvalue weighted by molar-refractivity contribution is 0.00578. The topological polar surface area (TPSA) is 367 Å². The molecule has 3 unspecified atom stereocenters. The first-order chi connectivity index (χ1) is 61.7. The van der Waals surface area contributed by atoms with Crippen molar-refractivity contribution >= 4 is 96.9 Å². The predicted molar refractivity (Wildman–Crippen MR) is 514 cm³/mol. The largest absolute Gasteiger partial charge is 0.497 e. The lowest BCUT2D eigenvalue weighted by atomic mass is 9.80. The van der Waals surface area contributed by atoms with Crippen LogP contribution in [0.15, 0.2) is 133 Å². The van der Waals surface area contributed by atoms with E-state index in [0.717, 1.165) is 164 Å². The number of benzene rings is 2. The summed E-state index contributed by atoms with van der Waals surface area (Å²) in [6.07, 6.45) is 27.3. The zero-order chi connectivity index (χ0) is 91.0. The van der Waals surface area contributed by atoms with Crippen LogP contribution in [-0.4, -0.2) is 212 Å². The zero-order valence-electron chi connectivity index (χ0n) is 77.2. The van der Waals surface area contributed by atoms with Gasteiger partial charge in [0, 0.05) is 125 Å². The van der Waals surface area contributed by atoms with Gasteiger partial charge in [0.25, 0.3) is 0 Å². The van der Waals surface area contributed by atoms with Gasteiger partial charge in [-0.15, -0.1) is 0 Å². The zero-order valence-corrected chi connectivity index (χ0v) is 78.7. The standard InChI is InChI=1S/C33H43N7O3.C29H42BN5O5.C24H33N7O.C10H13BrN2/c1-5-6-13-33(2,22-41)39-31-30-28(37-32(38-31)36-19-24-10-12-27(42-3)17-29(24)43-4)16-25(20-35-30)23-9-11-26(34-18-23)21-40-14-7-8-15-40;1-9-10-13-29(6,18-36)35-25-24-22(14-20(17-31-24)30-39-27(2,3)28(4,5)40-30)33-26(34-25)32-16-19-11-12-21(37-7)15-23(19)38-8;1-3-4-9-24(2,16-32)30-22-21-20(28-23(25)29-22)12-18(14-27-21)17-7-8-19(26-13-17)15-31-10-5-6-11-31;11-9-3-4-10(12-7-9)8-13-5-1-2-6-13/h9-12,16-18,20,41H,5-8,13-15,19,21-22H2,1-4H3,(H2,36,37,38,39);11-12,14-15,17,36H,9-10,13,16,18H2,1-8H3,(H2,32,33,34,35);7-8,12-14,32H,3-6,9-11,15-16H2,1-2H3,(H3,25,28,29,30);3-4,7H,1-2,5-6,8H2. The molecule has 4 aliphatic heterocycles. The number of anilines is 6. The van der Waals surface area contributed by atoms with E-state index in [2.05, 4.69) is 139 Å². The van der Waals surface area contributed by atoms with Crippen LogP contribution in [0.1, 0.15) is 194 Å². The number of aromatic nitrogens is 12. The van der Waals surface area contributed by atoms with Crippen molar-refractivity contribution in [3.05, 3.63) is 161 Å². The molecule has 0 saturated carbocycles. The number of halogens is 1. The second-order valence-electron chi connectivity index (χ2n) is 35.5. The Kier molecular flexibility index (Phi) is 34.2. The third kappa shape index (κ3) is 26.0. The van der Waals surface area contributed by atoms with Crippen LogP contribution in [0.4, 0.5) is 35.3 Å². The second kappa shape index (κ2) is 45.2. The first kappa shape index (κ1) is 96.7. The fraction of sp³-hybridized carbons (Fsp3) is 0.500. The molecule has 128 heavy (non-hydrogen) atoms. The number of hydrogen-bond donors (Lipinski definition) is 9. The van der Waals surface area contributed by atoms with Gasteiger partial charge in [-0.1, -0.05) is 71.4 Å². The van der Waals surface area contributed by atoms with Crippen molar-refractivity contribution in [3.8, 4) is 45.3 Å². The maximum absolute atomic E-state index is 10.3. The van der Waals surface area contributed by atoms with E-state index in [0.29, 0.717) is 92.8 Å². The van der Waals surface area contributed by atoms with Gasteiger partial charge >= 0.3 is 7.12 Å². The third-order valence-electron chi connectivity index (χ3n) is 24.4. The Morgan fingerprint density at radius 1 is 0.438 bits per heavy atom. The molecule has 9 aromatic heterocycles. The molecule has 684 valence electrons. The SMILES string of the molecule is Brc1ccc(CN2CCCC2)nc1.CCCCC(C)(CO)Nc1nc(N)nc2cc(-c3ccc(CN4CCCC4)nc3)cnc12.CCCCC(C)(CO)Nc1nc(NCc2ccc(OC)cc2OC)nc2cc(-c3ccc(CN4CCCC4)nc3)cnc12.CCCCC(C)(CO)Nc1nc(NCc2ccc(OC)cc2OC)nc2cc(B3OC(C)(C)C(C)(C)O3)cnc12. The highest BCUT2D eigenvalue weighted by Crippen LogP contribution is 2.39. The number of ether oxygens (including phenoxy) is 4. The lowest BCUT2D eigenvalue weighted by Crippen LogP contribution is -2.41. The monoisotopic (exact) mass is 1810 g/mol. The molecule has 13 heterocycles. The van der Waals surface area contributed by atoms with Gasteiger partial charge in [-0.25, -0.2) is 15.0 Å². The van der Waals surface area contributed by atoms with Crippen LogP contribution in [0.5, 0.6) is 23.0 Å². The highest BCUT2D eigenvalue weighted by molar-refractivity contribution is 9.10. The summed E-state index contributed by atoms with van der Waals surface area (Å²) in [5.41, 5.74) is 17.1. The molecule has 4 fully saturated rings. The fourth-order valence-electron chi connectivity index (χ4n) is 15.8. The number of nitrogen functional groups attached to an aromatic ring is 1. The van der Waals surface area contributed by atoms with Crippen LogP contribution in [0.25, 0.3) is 55.4 Å². The van der Waals surface area contributed by atoms with Crippen molar-refractivity contribution in [2.24, 2.45) is 0 Å². The Bertz CT molecular complexity index is 5390. The molecule has 0 spiro atoms. The summed E-state index contributed by atoms with van der Waals surface area (Å²) >= 11 is 3.38. The predicted octanol–water partition coefficient (Wildman–Crippen LogP) is 16.0. The number of aliphatic hydroxyl groups excluding tert-OH is 3. The maximum Gasteiger partial charge on any atom is 0.496 e. The van der Waals surface area contributed by atoms with Gasteiger partial charge in [0.05, 0.1) is 110 Å². The van der Waals surface area contributed by atoms with Gasteiger partial charge in [0.15, 0.2) is 17.5 Å². The number of aliphatic hydroxyl groups is 3. The molecule has 0 amide bonds. The number of nitrogens with zero attached hydrogens (tertiary/aromatic N) is 15. The first-order valence-electron chi connectivity index (χ1n) is 45.1. The Morgan fingerprint density at radius 3 is 1.16 bits per heavy atom. The van der Waals surface area contributed by atoms with Crippen LogP contribution < -0.4 is 56.7 Å². The lowest BCUT2D eigenvalue weighted by Gasteiger charge is -2.32. The van der Waals surface area contributed by atoms with Crippen molar-refractivity contribution in [1.82, 2.24) is 74.5 Å². The van der Waals surface area contributed by atoms with E-state index in [1.165, 1.54) is 57.3 Å². The van der Waals surface area contributed by atoms with Crippen molar-refractivity contribution in [3.63, 3.8) is 0 Å². The number of nitrogens with one attached hydrogen (secondary N) is 5. The van der Waals surface area contributed by atoms with E-state index in [1.54, 1.807) is 34.6 Å². The van der Waals surface area contributed by atoms with E-state index in [4.69, 9.17) is 68.9 Å². The number of likely N-dealkylation sites (tertiary alicyclic amines) is 3. The van der Waals surface area contributed by atoms with Crippen LogP contribution in [0.3, 0.4) is 0 Å². The Balaban J connectivity index is 0.000000163. The molecule has 10 N–H and O–H groups in total. The van der Waals surface area contributed by atoms with Gasteiger partial charge in [0.2, 0.25) is 17.8 Å². The highest BCUT2D eigenvalue weighted by atomic mass is 79.9. The Labute approximate surface area is 762 Å². The normalized spacial score (nSPS) is 16.4. The van der Waals surface area contributed by atoms with E-state index in [1.807, 2.05) is 134 Å². The van der Waals surface area contributed by atoms with Crippen molar-refractivity contribution in [2.75, 3.05) is 120 Å². The molecule has 2 aromatic carbocycles. The van der Waals surface area contributed by atoms with E-state index in [9.17, 15) is 15.3 Å². The third-order valence-corrected chi connectivity index (χ3v) is 24.9. The summed E-state index contributed by atoms with van der Waals surface area (Å²) < 4.78 is 35.4. The van der Waals surface area contributed by atoms with Crippen LogP contribution in [0.2, 0.25) is 0 Å². The molecular formula is C96H131BBrN21O9. The smallest absolute Gasteiger partial charge is 0.496 e. The average molecular weight is 1810 g/mol. The summed E-state index contributed by atoms with van der Waals surface area (Å²) in [5, 5.41) is 47.5. The number of hydrogen-bond acceptors (Lipinski definition) is 30. The molecule has 4 aliphatic rings. The first-order valence-corrected chi connectivity index (χ1v) is 45.9. The Morgan fingerprint density at radius 2 is 0.805 bits per heavy atom. The molecule has 0 aliphatic carbocycles. The number of rotatable bonds is 37. The van der Waals surface area contributed by atoms with Gasteiger partial charge in [-0.2, -0.15) is 15.0 Å². The van der Waals surface area contributed by atoms with Crippen LogP contribution in [-0.2, 0) is 42.0 Å². The minimum absolute atomic E-state index is 0.00800.